The van der Waals surface area contributed by atoms with Gasteiger partial charge in [0.1, 0.15) is 0 Å². The molecule has 0 amide bonds. The highest BCUT2D eigenvalue weighted by atomic mass is 19.1. The fraction of sp³-hybridized carbons (Fsp3) is 0.214. The number of benzene rings is 1. The van der Waals surface area contributed by atoms with Crippen molar-refractivity contribution in [1.82, 2.24) is 4.98 Å². The SMILES string of the molecule is NC(CCNc1ncccc1F)c1ccccc1. The minimum Gasteiger partial charge on any atom is -0.368 e. The van der Waals surface area contributed by atoms with E-state index in [0.29, 0.717) is 6.54 Å². The van der Waals surface area contributed by atoms with Crippen molar-refractivity contribution in [2.75, 3.05) is 11.9 Å². The maximum atomic E-state index is 13.3. The van der Waals surface area contributed by atoms with Crippen molar-refractivity contribution in [3.05, 3.63) is 60.0 Å². The van der Waals surface area contributed by atoms with E-state index in [-0.39, 0.29) is 17.7 Å². The molecule has 4 heteroatoms. The average Bonchev–Trinajstić information content (AvgIpc) is 2.42. The quantitative estimate of drug-likeness (QED) is 0.851. The Morgan fingerprint density at radius 2 is 1.94 bits per heavy atom. The molecule has 3 nitrogen and oxygen atoms in total. The molecular formula is C14H16FN3. The van der Waals surface area contributed by atoms with Crippen molar-refractivity contribution in [3.8, 4) is 0 Å². The molecular weight excluding hydrogens is 229 g/mol. The summed E-state index contributed by atoms with van der Waals surface area (Å²) >= 11 is 0. The van der Waals surface area contributed by atoms with Crippen molar-refractivity contribution < 1.29 is 4.39 Å². The minimum absolute atomic E-state index is 0.0505. The Morgan fingerprint density at radius 1 is 1.17 bits per heavy atom. The summed E-state index contributed by atoms with van der Waals surface area (Å²) in [5.41, 5.74) is 7.13. The number of anilines is 1. The van der Waals surface area contributed by atoms with Gasteiger partial charge in [0, 0.05) is 18.8 Å². The molecule has 1 atom stereocenters. The van der Waals surface area contributed by atoms with Crippen LogP contribution in [0.2, 0.25) is 0 Å². The van der Waals surface area contributed by atoms with E-state index in [1.165, 1.54) is 6.07 Å². The predicted octanol–water partition coefficient (Wildman–Crippen LogP) is 2.72. The molecule has 0 spiro atoms. The van der Waals surface area contributed by atoms with Crippen molar-refractivity contribution in [1.29, 1.82) is 0 Å². The van der Waals surface area contributed by atoms with E-state index in [1.807, 2.05) is 30.3 Å². The molecule has 0 aliphatic heterocycles. The summed E-state index contributed by atoms with van der Waals surface area (Å²) in [5, 5.41) is 2.95. The second-order valence-electron chi connectivity index (χ2n) is 4.07. The molecule has 0 bridgehead atoms. The number of nitrogens with two attached hydrogens (primary N) is 1. The number of nitrogens with zero attached hydrogens (tertiary/aromatic N) is 1. The maximum absolute atomic E-state index is 13.3. The van der Waals surface area contributed by atoms with Gasteiger partial charge in [-0.2, -0.15) is 0 Å². The first-order valence-electron chi connectivity index (χ1n) is 5.92. The molecule has 0 aliphatic carbocycles. The van der Waals surface area contributed by atoms with Crippen molar-refractivity contribution in [2.45, 2.75) is 12.5 Å². The molecule has 1 aromatic carbocycles. The van der Waals surface area contributed by atoms with Gasteiger partial charge in [0.05, 0.1) is 0 Å². The number of nitrogens with one attached hydrogen (secondary N) is 1. The standard InChI is InChI=1S/C14H16FN3/c15-12-7-4-9-17-14(12)18-10-8-13(16)11-5-2-1-3-6-11/h1-7,9,13H,8,10,16H2,(H,17,18). The van der Waals surface area contributed by atoms with E-state index in [4.69, 9.17) is 5.73 Å². The van der Waals surface area contributed by atoms with E-state index in [1.54, 1.807) is 12.3 Å². The van der Waals surface area contributed by atoms with Crippen molar-refractivity contribution in [2.24, 2.45) is 5.73 Å². The van der Waals surface area contributed by atoms with Crippen LogP contribution in [0.25, 0.3) is 0 Å². The van der Waals surface area contributed by atoms with E-state index < -0.39 is 0 Å². The lowest BCUT2D eigenvalue weighted by molar-refractivity contribution is 0.619. The monoisotopic (exact) mass is 245 g/mol. The van der Waals surface area contributed by atoms with Gasteiger partial charge in [-0.1, -0.05) is 30.3 Å². The molecule has 18 heavy (non-hydrogen) atoms. The second-order valence-corrected chi connectivity index (χ2v) is 4.07. The molecule has 0 saturated heterocycles. The number of aromatic nitrogens is 1. The fourth-order valence-electron chi connectivity index (χ4n) is 1.73. The molecule has 1 aromatic heterocycles. The summed E-state index contributed by atoms with van der Waals surface area (Å²) in [6, 6.07) is 12.8. The first-order chi connectivity index (χ1) is 8.77. The van der Waals surface area contributed by atoms with E-state index in [0.717, 1.165) is 12.0 Å². The van der Waals surface area contributed by atoms with Gasteiger partial charge in [-0.25, -0.2) is 9.37 Å². The van der Waals surface area contributed by atoms with Crippen LogP contribution in [0.5, 0.6) is 0 Å². The summed E-state index contributed by atoms with van der Waals surface area (Å²) in [4.78, 5) is 3.92. The Bertz CT molecular complexity index is 487. The third-order valence-electron chi connectivity index (χ3n) is 2.73. The van der Waals surface area contributed by atoms with Crippen molar-refractivity contribution >= 4 is 5.82 Å². The van der Waals surface area contributed by atoms with E-state index in [2.05, 4.69) is 10.3 Å². The van der Waals surface area contributed by atoms with E-state index >= 15 is 0 Å². The molecule has 94 valence electrons. The third kappa shape index (κ3) is 3.28. The highest BCUT2D eigenvalue weighted by Gasteiger charge is 2.06. The molecule has 0 fully saturated rings. The molecule has 2 aromatic rings. The Balaban J connectivity index is 1.84. The Morgan fingerprint density at radius 3 is 2.67 bits per heavy atom. The molecule has 1 heterocycles. The maximum Gasteiger partial charge on any atom is 0.165 e. The van der Waals surface area contributed by atoms with Gasteiger partial charge < -0.3 is 11.1 Å². The molecule has 3 N–H and O–H groups in total. The van der Waals surface area contributed by atoms with Gasteiger partial charge in [-0.15, -0.1) is 0 Å². The van der Waals surface area contributed by atoms with Crippen LogP contribution in [-0.4, -0.2) is 11.5 Å². The Hall–Kier alpha value is -1.94. The number of rotatable bonds is 5. The first kappa shape index (κ1) is 12.5. The molecule has 2 rings (SSSR count). The molecule has 0 radical (unpaired) electrons. The number of halogens is 1. The van der Waals surface area contributed by atoms with Crippen molar-refractivity contribution in [3.63, 3.8) is 0 Å². The summed E-state index contributed by atoms with van der Waals surface area (Å²) < 4.78 is 13.3. The fourth-order valence-corrected chi connectivity index (χ4v) is 1.73. The van der Waals surface area contributed by atoms with Gasteiger partial charge in [0.15, 0.2) is 11.6 Å². The molecule has 0 saturated carbocycles. The smallest absolute Gasteiger partial charge is 0.165 e. The van der Waals surface area contributed by atoms with Gasteiger partial charge >= 0.3 is 0 Å². The van der Waals surface area contributed by atoms with Crippen LogP contribution >= 0.6 is 0 Å². The van der Waals surface area contributed by atoms with Crippen LogP contribution in [0.3, 0.4) is 0 Å². The molecule has 0 aliphatic rings. The lowest BCUT2D eigenvalue weighted by Gasteiger charge is -2.12. The van der Waals surface area contributed by atoms with Crippen LogP contribution < -0.4 is 11.1 Å². The normalized spacial score (nSPS) is 12.1. The Labute approximate surface area is 106 Å². The third-order valence-corrected chi connectivity index (χ3v) is 2.73. The lowest BCUT2D eigenvalue weighted by Crippen LogP contribution is -2.16. The summed E-state index contributed by atoms with van der Waals surface area (Å²) in [7, 11) is 0. The lowest BCUT2D eigenvalue weighted by atomic mass is 10.1. The zero-order chi connectivity index (χ0) is 12.8. The molecule has 1 unspecified atom stereocenters. The van der Waals surface area contributed by atoms with Crippen LogP contribution in [0.4, 0.5) is 10.2 Å². The first-order valence-corrected chi connectivity index (χ1v) is 5.92. The summed E-state index contributed by atoms with van der Waals surface area (Å²) in [5.74, 6) is -0.0662. The Kier molecular flexibility index (Phi) is 4.25. The van der Waals surface area contributed by atoms with Crippen LogP contribution in [0, 0.1) is 5.82 Å². The predicted molar refractivity (Wildman–Crippen MR) is 70.7 cm³/mol. The average molecular weight is 245 g/mol. The van der Waals surface area contributed by atoms with Crippen LogP contribution in [0.15, 0.2) is 48.7 Å². The summed E-state index contributed by atoms with van der Waals surface area (Å²) in [6.45, 7) is 0.587. The van der Waals surface area contributed by atoms with Gasteiger partial charge in [0.2, 0.25) is 0 Å². The number of hydrogen-bond acceptors (Lipinski definition) is 3. The van der Waals surface area contributed by atoms with E-state index in [9.17, 15) is 4.39 Å². The highest BCUT2D eigenvalue weighted by molar-refractivity contribution is 5.35. The largest absolute Gasteiger partial charge is 0.368 e. The minimum atomic E-state index is -0.342. The zero-order valence-corrected chi connectivity index (χ0v) is 10.0. The van der Waals surface area contributed by atoms with Crippen LogP contribution in [0.1, 0.15) is 18.0 Å². The summed E-state index contributed by atoms with van der Waals surface area (Å²) in [6.07, 6.45) is 2.28. The second kappa shape index (κ2) is 6.12. The number of pyridine rings is 1. The number of hydrogen-bond donors (Lipinski definition) is 2. The topological polar surface area (TPSA) is 50.9 Å². The highest BCUT2D eigenvalue weighted by Crippen LogP contribution is 2.14. The zero-order valence-electron chi connectivity index (χ0n) is 10.0. The van der Waals surface area contributed by atoms with Gasteiger partial charge in [0.25, 0.3) is 0 Å². The van der Waals surface area contributed by atoms with Gasteiger partial charge in [-0.3, -0.25) is 0 Å². The van der Waals surface area contributed by atoms with Gasteiger partial charge in [-0.05, 0) is 24.1 Å². The van der Waals surface area contributed by atoms with Crippen LogP contribution in [-0.2, 0) is 0 Å².